The first-order valence-corrected chi connectivity index (χ1v) is 39.9. The van der Waals surface area contributed by atoms with Gasteiger partial charge in [-0.1, -0.05) is 353 Å². The predicted octanol–water partition coefficient (Wildman–Crippen LogP) is 25.6. The molecule has 10 heteroatoms. The Morgan fingerprint density at radius 3 is 0.914 bits per heavy atom. The van der Waals surface area contributed by atoms with E-state index in [-0.39, 0.29) is 32.0 Å². The highest BCUT2D eigenvalue weighted by Gasteiger charge is 2.27. The Morgan fingerprint density at radius 2 is 0.613 bits per heavy atom. The van der Waals surface area contributed by atoms with E-state index in [1.54, 1.807) is 0 Å². The van der Waals surface area contributed by atoms with E-state index in [0.29, 0.717) is 17.4 Å². The summed E-state index contributed by atoms with van der Waals surface area (Å²) in [6.07, 6.45) is 106. The van der Waals surface area contributed by atoms with Gasteiger partial charge in [-0.05, 0) is 96.3 Å². The quantitative estimate of drug-likeness (QED) is 0.0211. The lowest BCUT2D eigenvalue weighted by atomic mass is 10.0. The molecule has 2 atom stereocenters. The second-order valence-electron chi connectivity index (χ2n) is 26.7. The summed E-state index contributed by atoms with van der Waals surface area (Å²) < 4.78 is 34.7. The number of likely N-dealkylation sites (N-methyl/N-ethyl adjacent to an activating group) is 1. The van der Waals surface area contributed by atoms with Crippen LogP contribution in [0.5, 0.6) is 0 Å². The minimum Gasteiger partial charge on any atom is -0.462 e. The van der Waals surface area contributed by atoms with E-state index in [0.717, 1.165) is 109 Å². The van der Waals surface area contributed by atoms with Gasteiger partial charge in [0.1, 0.15) is 19.8 Å². The van der Waals surface area contributed by atoms with E-state index in [1.807, 2.05) is 21.1 Å². The standard InChI is InChI=1S/C83H144NO8P/c1-6-8-10-12-14-16-18-20-22-24-26-28-30-32-34-36-38-40-41-42-43-44-46-48-50-52-54-56-58-60-62-64-66-68-70-72-74-76-83(86)92-81(80-91-93(87,88)90-78-77-84(3,4)5)79-89-82(85)75-73-71-69-67-65-63-61-59-57-55-53-51-49-47-45-39-37-35-33-31-29-27-25-23-21-19-17-15-13-11-9-7-2/h8,10,14,16,20,22,26,28,32,34,38,40,42-43,46,48,52,54,58,60,64,66,81H,6-7,9,11-13,15,17-19,21,23-25,27,29-31,33,35-37,39,41,44-45,47,49-51,53,55-57,59,61-63,65,67-80H2,1-5H3/p+1/b10-8-,16-14-,22-20-,28-26-,34-32-,40-38-,43-42-,48-46-,54-52-,60-58-,66-64-. The maximum absolute atomic E-state index is 12.9. The van der Waals surface area contributed by atoms with Gasteiger partial charge in [-0.3, -0.25) is 18.6 Å². The lowest BCUT2D eigenvalue weighted by molar-refractivity contribution is -0.870. The second kappa shape index (κ2) is 72.4. The van der Waals surface area contributed by atoms with Gasteiger partial charge in [0.2, 0.25) is 0 Å². The molecule has 2 unspecified atom stereocenters. The monoisotopic (exact) mass is 1320 g/mol. The number of nitrogens with zero attached hydrogens (tertiary/aromatic N) is 1. The molecule has 1 N–H and O–H groups in total. The van der Waals surface area contributed by atoms with Gasteiger partial charge in [-0.2, -0.15) is 0 Å². The maximum atomic E-state index is 12.9. The molecular formula is C83H145NO8P+. The number of carbonyl (C=O) groups excluding carboxylic acids is 2. The summed E-state index contributed by atoms with van der Waals surface area (Å²) >= 11 is 0. The third-order valence-corrected chi connectivity index (χ3v) is 17.4. The van der Waals surface area contributed by atoms with Crippen LogP contribution in [0.4, 0.5) is 0 Å². The Labute approximate surface area is 574 Å². The molecule has 0 aromatic rings. The number of carbonyl (C=O) groups is 2. The fourth-order valence-electron chi connectivity index (χ4n) is 10.6. The Bertz CT molecular complexity index is 2040. The van der Waals surface area contributed by atoms with Crippen LogP contribution in [0.1, 0.15) is 328 Å². The van der Waals surface area contributed by atoms with Crippen molar-refractivity contribution in [3.05, 3.63) is 134 Å². The fraction of sp³-hybridized carbons (Fsp3) is 0.711. The van der Waals surface area contributed by atoms with Crippen molar-refractivity contribution >= 4 is 19.8 Å². The molecule has 93 heavy (non-hydrogen) atoms. The zero-order valence-corrected chi connectivity index (χ0v) is 61.8. The third kappa shape index (κ3) is 77.0. The average Bonchev–Trinajstić information content (AvgIpc) is 2.27. The molecule has 0 spiro atoms. The number of quaternary nitrogens is 1. The van der Waals surface area contributed by atoms with Crippen LogP contribution in [-0.4, -0.2) is 74.9 Å². The molecule has 0 heterocycles. The Hall–Kier alpha value is -3.85. The van der Waals surface area contributed by atoms with Gasteiger partial charge in [0.25, 0.3) is 0 Å². The smallest absolute Gasteiger partial charge is 0.462 e. The van der Waals surface area contributed by atoms with Gasteiger partial charge < -0.3 is 18.9 Å². The first-order chi connectivity index (χ1) is 45.5. The second-order valence-corrected chi connectivity index (χ2v) is 28.1. The highest BCUT2D eigenvalue weighted by atomic mass is 31.2. The van der Waals surface area contributed by atoms with Crippen LogP contribution < -0.4 is 0 Å². The molecule has 0 aliphatic carbocycles. The van der Waals surface area contributed by atoms with E-state index in [9.17, 15) is 19.0 Å². The summed E-state index contributed by atoms with van der Waals surface area (Å²) in [6, 6.07) is 0. The first-order valence-electron chi connectivity index (χ1n) is 38.4. The van der Waals surface area contributed by atoms with Crippen molar-refractivity contribution in [2.75, 3.05) is 47.5 Å². The van der Waals surface area contributed by atoms with Crippen molar-refractivity contribution in [1.82, 2.24) is 0 Å². The molecule has 0 saturated carbocycles. The number of phosphoric ester groups is 1. The van der Waals surface area contributed by atoms with Gasteiger partial charge in [0.05, 0.1) is 27.7 Å². The van der Waals surface area contributed by atoms with E-state index in [1.165, 1.54) is 186 Å². The topological polar surface area (TPSA) is 108 Å². The number of ether oxygens (including phenoxy) is 2. The molecule has 0 radical (unpaired) electrons. The van der Waals surface area contributed by atoms with E-state index < -0.39 is 26.5 Å². The van der Waals surface area contributed by atoms with Gasteiger partial charge in [-0.25, -0.2) is 4.57 Å². The molecule has 0 aliphatic rings. The summed E-state index contributed by atoms with van der Waals surface area (Å²) in [7, 11) is 1.45. The Morgan fingerprint density at radius 1 is 0.344 bits per heavy atom. The normalized spacial score (nSPS) is 13.8. The zero-order valence-electron chi connectivity index (χ0n) is 61.0. The van der Waals surface area contributed by atoms with Crippen LogP contribution in [-0.2, 0) is 32.7 Å². The molecule has 0 amide bonds. The van der Waals surface area contributed by atoms with Crippen LogP contribution in [0, 0.1) is 0 Å². The molecule has 0 saturated heterocycles. The Kier molecular flexibility index (Phi) is 69.4. The van der Waals surface area contributed by atoms with Crippen LogP contribution in [0.25, 0.3) is 0 Å². The molecular weight excluding hydrogens is 1170 g/mol. The zero-order chi connectivity index (χ0) is 67.6. The van der Waals surface area contributed by atoms with Crippen molar-refractivity contribution in [2.24, 2.45) is 0 Å². The minimum atomic E-state index is -4.41. The average molecular weight is 1320 g/mol. The number of esters is 2. The van der Waals surface area contributed by atoms with Gasteiger partial charge in [0.15, 0.2) is 6.10 Å². The van der Waals surface area contributed by atoms with Gasteiger partial charge >= 0.3 is 19.8 Å². The first kappa shape index (κ1) is 89.2. The number of unbranched alkanes of at least 4 members (excludes halogenated alkanes) is 34. The number of hydrogen-bond donors (Lipinski definition) is 1. The summed E-state index contributed by atoms with van der Waals surface area (Å²) in [5, 5.41) is 0. The minimum absolute atomic E-state index is 0.0196. The lowest BCUT2D eigenvalue weighted by Crippen LogP contribution is -2.37. The number of rotatable bonds is 70. The van der Waals surface area contributed by atoms with Crippen molar-refractivity contribution in [2.45, 2.75) is 335 Å². The molecule has 0 aromatic carbocycles. The summed E-state index contributed by atoms with van der Waals surface area (Å²) in [5.41, 5.74) is 0. The van der Waals surface area contributed by atoms with Gasteiger partial charge in [0, 0.05) is 12.8 Å². The number of allylic oxidation sites excluding steroid dienone is 22. The molecule has 0 aliphatic heterocycles. The fourth-order valence-corrected chi connectivity index (χ4v) is 11.4. The van der Waals surface area contributed by atoms with Crippen molar-refractivity contribution in [1.29, 1.82) is 0 Å². The van der Waals surface area contributed by atoms with E-state index in [2.05, 4.69) is 148 Å². The molecule has 0 aromatic heterocycles. The van der Waals surface area contributed by atoms with Crippen molar-refractivity contribution in [3.8, 4) is 0 Å². The molecule has 0 rings (SSSR count). The SMILES string of the molecule is CC/C=C\C/C=C\C/C=C\C/C=C\C/C=C\C/C=C\C/C=C\C/C=C\C/C=C\C/C=C\C/C=C\CCCCCC(=O)OC(COC(=O)CCCCCCCCCCCCCCCCCCCCCCCCCCCCCCCCCC)COP(=O)(O)OCC[N+](C)(C)C. The maximum Gasteiger partial charge on any atom is 0.472 e. The predicted molar refractivity (Wildman–Crippen MR) is 404 cm³/mol. The van der Waals surface area contributed by atoms with Crippen LogP contribution >= 0.6 is 7.82 Å². The lowest BCUT2D eigenvalue weighted by Gasteiger charge is -2.24. The summed E-state index contributed by atoms with van der Waals surface area (Å²) in [4.78, 5) is 35.9. The van der Waals surface area contributed by atoms with Crippen LogP contribution in [0.15, 0.2) is 134 Å². The largest absolute Gasteiger partial charge is 0.472 e. The highest BCUT2D eigenvalue weighted by molar-refractivity contribution is 7.47. The highest BCUT2D eigenvalue weighted by Crippen LogP contribution is 2.43. The molecule has 0 bridgehead atoms. The van der Waals surface area contributed by atoms with Crippen LogP contribution in [0.2, 0.25) is 0 Å². The number of hydrogen-bond acceptors (Lipinski definition) is 7. The molecule has 9 nitrogen and oxygen atoms in total. The van der Waals surface area contributed by atoms with Crippen molar-refractivity contribution < 1.29 is 42.1 Å². The summed E-state index contributed by atoms with van der Waals surface area (Å²) in [5.74, 6) is -0.832. The van der Waals surface area contributed by atoms with Crippen LogP contribution in [0.3, 0.4) is 0 Å². The molecule has 534 valence electrons. The number of phosphoric acid groups is 1. The van der Waals surface area contributed by atoms with Gasteiger partial charge in [-0.15, -0.1) is 0 Å². The summed E-state index contributed by atoms with van der Waals surface area (Å²) in [6.45, 7) is 4.31. The van der Waals surface area contributed by atoms with E-state index in [4.69, 9.17) is 18.5 Å². The molecule has 0 fully saturated rings. The third-order valence-electron chi connectivity index (χ3n) is 16.4. The van der Waals surface area contributed by atoms with Crippen molar-refractivity contribution in [3.63, 3.8) is 0 Å². The Balaban J connectivity index is 4.10. The van der Waals surface area contributed by atoms with E-state index >= 15 is 0 Å².